The van der Waals surface area contributed by atoms with Crippen molar-refractivity contribution in [3.05, 3.63) is 70.0 Å². The summed E-state index contributed by atoms with van der Waals surface area (Å²) in [6, 6.07) is 18.4. The van der Waals surface area contributed by atoms with Crippen LogP contribution in [0.5, 0.6) is 5.75 Å². The van der Waals surface area contributed by atoms with Gasteiger partial charge in [0.15, 0.2) is 0 Å². The number of rotatable bonds is 6. The van der Waals surface area contributed by atoms with E-state index in [4.69, 9.17) is 4.74 Å². The lowest BCUT2D eigenvalue weighted by Crippen LogP contribution is -1.90. The van der Waals surface area contributed by atoms with Crippen LogP contribution in [0.15, 0.2) is 53.9 Å². The Hall–Kier alpha value is -2.90. The Morgan fingerprint density at radius 3 is 2.46 bits per heavy atom. The fourth-order valence-corrected chi connectivity index (χ4v) is 3.37. The minimum atomic E-state index is 0.580. The van der Waals surface area contributed by atoms with E-state index in [1.165, 1.54) is 16.9 Å². The Balaban J connectivity index is 1.84. The third-order valence-corrected chi connectivity index (χ3v) is 4.89. The van der Waals surface area contributed by atoms with Gasteiger partial charge in [0.05, 0.1) is 17.9 Å². The highest BCUT2D eigenvalue weighted by Crippen LogP contribution is 2.28. The van der Waals surface area contributed by atoms with Gasteiger partial charge in [-0.1, -0.05) is 31.2 Å². The summed E-state index contributed by atoms with van der Waals surface area (Å²) < 4.78 is 5.47. The molecule has 0 saturated carbocycles. The Morgan fingerprint density at radius 2 is 1.85 bits per heavy atom. The van der Waals surface area contributed by atoms with Crippen molar-refractivity contribution in [2.45, 2.75) is 20.3 Å². The topological polar surface area (TPSA) is 45.9 Å². The SMILES string of the molecule is CCOc1ccc(-c2csc(/C(C#N)=C\c3ccc(CC)cc3)n2)cc1. The number of thiazole rings is 1. The van der Waals surface area contributed by atoms with Gasteiger partial charge in [-0.25, -0.2) is 4.98 Å². The van der Waals surface area contributed by atoms with Gasteiger partial charge in [0.1, 0.15) is 16.8 Å². The van der Waals surface area contributed by atoms with Crippen LogP contribution in [0, 0.1) is 11.3 Å². The van der Waals surface area contributed by atoms with E-state index in [0.717, 1.165) is 34.0 Å². The van der Waals surface area contributed by atoms with E-state index < -0.39 is 0 Å². The van der Waals surface area contributed by atoms with E-state index in [-0.39, 0.29) is 0 Å². The number of hydrogen-bond donors (Lipinski definition) is 0. The summed E-state index contributed by atoms with van der Waals surface area (Å²) in [4.78, 5) is 4.64. The molecule has 1 aromatic heterocycles. The molecule has 0 aliphatic carbocycles. The first-order valence-electron chi connectivity index (χ1n) is 8.63. The zero-order valence-corrected chi connectivity index (χ0v) is 15.7. The monoisotopic (exact) mass is 360 g/mol. The van der Waals surface area contributed by atoms with Crippen LogP contribution in [0.2, 0.25) is 0 Å². The van der Waals surface area contributed by atoms with Crippen molar-refractivity contribution in [1.29, 1.82) is 5.26 Å². The molecule has 0 bridgehead atoms. The molecule has 0 aliphatic rings. The van der Waals surface area contributed by atoms with E-state index in [0.29, 0.717) is 12.2 Å². The number of allylic oxidation sites excluding steroid dienone is 1. The van der Waals surface area contributed by atoms with Gasteiger partial charge in [-0.05, 0) is 54.8 Å². The molecule has 0 fully saturated rings. The second-order valence-corrected chi connectivity index (χ2v) is 6.62. The van der Waals surface area contributed by atoms with Crippen molar-refractivity contribution < 1.29 is 4.74 Å². The van der Waals surface area contributed by atoms with Crippen molar-refractivity contribution in [2.24, 2.45) is 0 Å². The molecule has 0 amide bonds. The molecule has 0 N–H and O–H groups in total. The molecule has 26 heavy (non-hydrogen) atoms. The quantitative estimate of drug-likeness (QED) is 0.519. The zero-order valence-electron chi connectivity index (χ0n) is 14.9. The number of ether oxygens (including phenoxy) is 1. The van der Waals surface area contributed by atoms with Gasteiger partial charge in [0.25, 0.3) is 0 Å². The number of aryl methyl sites for hydroxylation is 1. The summed E-state index contributed by atoms with van der Waals surface area (Å²) >= 11 is 1.49. The Labute approximate surface area is 158 Å². The molecule has 0 aliphatic heterocycles. The number of nitriles is 1. The second kappa shape index (κ2) is 8.46. The molecular weight excluding hydrogens is 340 g/mol. The molecule has 0 unspecified atom stereocenters. The van der Waals surface area contributed by atoms with E-state index in [2.05, 4.69) is 30.1 Å². The molecule has 130 valence electrons. The van der Waals surface area contributed by atoms with Crippen LogP contribution < -0.4 is 4.74 Å². The summed E-state index contributed by atoms with van der Waals surface area (Å²) in [5.41, 5.74) is 4.76. The summed E-state index contributed by atoms with van der Waals surface area (Å²) in [6.45, 7) is 4.74. The maximum absolute atomic E-state index is 9.55. The fourth-order valence-electron chi connectivity index (χ4n) is 2.58. The largest absolute Gasteiger partial charge is 0.494 e. The molecule has 3 aromatic rings. The summed E-state index contributed by atoms with van der Waals surface area (Å²) in [6.07, 6.45) is 2.90. The number of hydrogen-bond acceptors (Lipinski definition) is 4. The first-order valence-corrected chi connectivity index (χ1v) is 9.51. The number of nitrogens with zero attached hydrogens (tertiary/aromatic N) is 2. The van der Waals surface area contributed by atoms with E-state index in [1.807, 2.05) is 54.8 Å². The van der Waals surface area contributed by atoms with Crippen molar-refractivity contribution in [3.63, 3.8) is 0 Å². The fraction of sp³-hybridized carbons (Fsp3) is 0.182. The highest BCUT2D eigenvalue weighted by atomic mass is 32.1. The van der Waals surface area contributed by atoms with Crippen LogP contribution >= 0.6 is 11.3 Å². The third kappa shape index (κ3) is 4.19. The van der Waals surface area contributed by atoms with Gasteiger partial charge in [-0.2, -0.15) is 5.26 Å². The summed E-state index contributed by atoms with van der Waals surface area (Å²) in [5.74, 6) is 0.847. The molecule has 0 spiro atoms. The van der Waals surface area contributed by atoms with Crippen LogP contribution in [0.4, 0.5) is 0 Å². The second-order valence-electron chi connectivity index (χ2n) is 5.76. The van der Waals surface area contributed by atoms with Crippen molar-refractivity contribution >= 4 is 23.0 Å². The van der Waals surface area contributed by atoms with Crippen LogP contribution in [0.25, 0.3) is 22.9 Å². The van der Waals surface area contributed by atoms with E-state index in [9.17, 15) is 5.26 Å². The standard InChI is InChI=1S/C22H20N2OS/c1-3-16-5-7-17(8-6-16)13-19(14-23)22-24-21(15-26-22)18-9-11-20(12-10-18)25-4-2/h5-13,15H,3-4H2,1-2H3/b19-13-. The van der Waals surface area contributed by atoms with Gasteiger partial charge < -0.3 is 4.74 Å². The lowest BCUT2D eigenvalue weighted by Gasteiger charge is -2.03. The van der Waals surface area contributed by atoms with Crippen molar-refractivity contribution in [3.8, 4) is 23.1 Å². The molecule has 1 heterocycles. The first-order chi connectivity index (χ1) is 12.7. The maximum atomic E-state index is 9.55. The average Bonchev–Trinajstić information content (AvgIpc) is 3.17. The summed E-state index contributed by atoms with van der Waals surface area (Å²) in [7, 11) is 0. The molecular formula is C22H20N2OS. The predicted molar refractivity (Wildman–Crippen MR) is 108 cm³/mol. The molecule has 0 radical (unpaired) electrons. The normalized spacial score (nSPS) is 11.2. The lowest BCUT2D eigenvalue weighted by atomic mass is 10.1. The lowest BCUT2D eigenvalue weighted by molar-refractivity contribution is 0.340. The van der Waals surface area contributed by atoms with Gasteiger partial charge in [0, 0.05) is 10.9 Å². The molecule has 3 rings (SSSR count). The van der Waals surface area contributed by atoms with Crippen molar-refractivity contribution in [1.82, 2.24) is 4.98 Å². The highest BCUT2D eigenvalue weighted by molar-refractivity contribution is 7.11. The van der Waals surface area contributed by atoms with Gasteiger partial charge in [0.2, 0.25) is 0 Å². The van der Waals surface area contributed by atoms with E-state index in [1.54, 1.807) is 0 Å². The van der Waals surface area contributed by atoms with Crippen LogP contribution in [0.1, 0.15) is 30.0 Å². The third-order valence-electron chi connectivity index (χ3n) is 4.02. The molecule has 0 atom stereocenters. The molecule has 2 aromatic carbocycles. The Kier molecular flexibility index (Phi) is 5.83. The highest BCUT2D eigenvalue weighted by Gasteiger charge is 2.09. The average molecular weight is 360 g/mol. The molecule has 4 heteroatoms. The van der Waals surface area contributed by atoms with Crippen molar-refractivity contribution in [2.75, 3.05) is 6.61 Å². The smallest absolute Gasteiger partial charge is 0.134 e. The predicted octanol–water partition coefficient (Wildman–Crippen LogP) is 5.84. The van der Waals surface area contributed by atoms with Gasteiger partial charge in [-0.3, -0.25) is 0 Å². The zero-order chi connectivity index (χ0) is 18.4. The van der Waals surface area contributed by atoms with Crippen LogP contribution in [-0.4, -0.2) is 11.6 Å². The molecule has 3 nitrogen and oxygen atoms in total. The Morgan fingerprint density at radius 1 is 1.12 bits per heavy atom. The van der Waals surface area contributed by atoms with Crippen LogP contribution in [-0.2, 0) is 6.42 Å². The Bertz CT molecular complexity index is 932. The first kappa shape index (κ1) is 17.9. The minimum absolute atomic E-state index is 0.580. The van der Waals surface area contributed by atoms with Gasteiger partial charge >= 0.3 is 0 Å². The summed E-state index contributed by atoms with van der Waals surface area (Å²) in [5, 5.41) is 12.3. The van der Waals surface area contributed by atoms with E-state index >= 15 is 0 Å². The number of benzene rings is 2. The van der Waals surface area contributed by atoms with Crippen LogP contribution in [0.3, 0.4) is 0 Å². The number of aromatic nitrogens is 1. The molecule has 0 saturated heterocycles. The minimum Gasteiger partial charge on any atom is -0.494 e. The maximum Gasteiger partial charge on any atom is 0.134 e. The van der Waals surface area contributed by atoms with Gasteiger partial charge in [-0.15, -0.1) is 11.3 Å².